The zero-order valence-electron chi connectivity index (χ0n) is 10.8. The van der Waals surface area contributed by atoms with Gasteiger partial charge in [-0.2, -0.15) is 0 Å². The number of carboxylic acid groups (broad SMARTS) is 1. The van der Waals surface area contributed by atoms with Crippen LogP contribution in [-0.4, -0.2) is 71.8 Å². The summed E-state index contributed by atoms with van der Waals surface area (Å²) in [5.41, 5.74) is 0. The maximum atomic E-state index is 11.0. The third-order valence-electron chi connectivity index (χ3n) is 4.68. The molecule has 3 fully saturated rings. The van der Waals surface area contributed by atoms with E-state index in [1.807, 2.05) is 0 Å². The minimum Gasteiger partial charge on any atom is -0.479 e. The first-order valence-electron chi connectivity index (χ1n) is 7.06. The molecule has 0 amide bonds. The number of carbonyl (C=O) groups is 1. The summed E-state index contributed by atoms with van der Waals surface area (Å²) in [6.07, 6.45) is 4.43. The Kier molecular flexibility index (Phi) is 3.54. The minimum absolute atomic E-state index is 0.557. The van der Waals surface area contributed by atoms with Crippen molar-refractivity contribution in [3.05, 3.63) is 0 Å². The van der Waals surface area contributed by atoms with E-state index in [0.717, 1.165) is 12.6 Å². The van der Waals surface area contributed by atoms with Gasteiger partial charge in [0.2, 0.25) is 0 Å². The van der Waals surface area contributed by atoms with Crippen molar-refractivity contribution >= 4 is 5.97 Å². The van der Waals surface area contributed by atoms with Crippen molar-refractivity contribution in [2.45, 2.75) is 43.9 Å². The molecule has 5 nitrogen and oxygen atoms in total. The number of fused-ring (bicyclic) bond motifs is 1. The van der Waals surface area contributed by atoms with Crippen molar-refractivity contribution in [1.82, 2.24) is 9.80 Å². The van der Waals surface area contributed by atoms with Crippen molar-refractivity contribution < 1.29 is 14.6 Å². The molecule has 0 spiro atoms. The van der Waals surface area contributed by atoms with E-state index in [1.54, 1.807) is 0 Å². The number of nitrogens with zero attached hydrogens (tertiary/aromatic N) is 2. The number of morpholine rings is 1. The molecule has 3 aliphatic heterocycles. The maximum Gasteiger partial charge on any atom is 0.334 e. The second-order valence-corrected chi connectivity index (χ2v) is 5.70. The van der Waals surface area contributed by atoms with Gasteiger partial charge in [-0.25, -0.2) is 4.79 Å². The van der Waals surface area contributed by atoms with Gasteiger partial charge in [-0.1, -0.05) is 0 Å². The topological polar surface area (TPSA) is 53.0 Å². The van der Waals surface area contributed by atoms with Gasteiger partial charge in [0.05, 0.1) is 6.61 Å². The molecular formula is C13H22N2O3. The number of aliphatic carboxylic acids is 1. The van der Waals surface area contributed by atoms with Crippen LogP contribution in [0.5, 0.6) is 0 Å². The average molecular weight is 254 g/mol. The molecule has 3 unspecified atom stereocenters. The lowest BCUT2D eigenvalue weighted by molar-refractivity contribution is -0.157. The Morgan fingerprint density at radius 1 is 1.11 bits per heavy atom. The zero-order chi connectivity index (χ0) is 12.5. The van der Waals surface area contributed by atoms with Crippen molar-refractivity contribution in [3.8, 4) is 0 Å². The molecule has 5 heteroatoms. The van der Waals surface area contributed by atoms with Crippen LogP contribution >= 0.6 is 0 Å². The highest BCUT2D eigenvalue weighted by atomic mass is 16.5. The van der Waals surface area contributed by atoms with E-state index in [9.17, 15) is 4.79 Å². The summed E-state index contributed by atoms with van der Waals surface area (Å²) in [5, 5.41) is 9.04. The summed E-state index contributed by atoms with van der Waals surface area (Å²) < 4.78 is 5.30. The van der Waals surface area contributed by atoms with Crippen LogP contribution in [0.1, 0.15) is 25.7 Å². The van der Waals surface area contributed by atoms with E-state index in [2.05, 4.69) is 9.80 Å². The van der Waals surface area contributed by atoms with E-state index in [1.165, 1.54) is 38.8 Å². The molecule has 0 aliphatic carbocycles. The first-order valence-corrected chi connectivity index (χ1v) is 7.06. The molecule has 0 radical (unpaired) electrons. The summed E-state index contributed by atoms with van der Waals surface area (Å²) in [4.78, 5) is 16.0. The normalized spacial score (nSPS) is 38.6. The Bertz CT molecular complexity index is 323. The van der Waals surface area contributed by atoms with E-state index < -0.39 is 12.1 Å². The molecule has 18 heavy (non-hydrogen) atoms. The quantitative estimate of drug-likeness (QED) is 0.773. The molecule has 0 aromatic carbocycles. The molecular weight excluding hydrogens is 232 g/mol. The van der Waals surface area contributed by atoms with Gasteiger partial charge in [-0.3, -0.25) is 4.90 Å². The third kappa shape index (κ3) is 2.39. The summed E-state index contributed by atoms with van der Waals surface area (Å²) in [7, 11) is 0. The SMILES string of the molecule is O=C(O)C1CN(C2CCN3CCCC3C2)CCO1. The van der Waals surface area contributed by atoms with Crippen LogP contribution in [0, 0.1) is 0 Å². The van der Waals surface area contributed by atoms with Crippen LogP contribution in [0.2, 0.25) is 0 Å². The molecule has 3 heterocycles. The Balaban J connectivity index is 1.59. The Morgan fingerprint density at radius 2 is 1.94 bits per heavy atom. The number of carboxylic acids is 1. The van der Waals surface area contributed by atoms with Crippen LogP contribution < -0.4 is 0 Å². The molecule has 3 atom stereocenters. The highest BCUT2D eigenvalue weighted by Gasteiger charge is 2.36. The first-order chi connectivity index (χ1) is 8.74. The predicted molar refractivity (Wildman–Crippen MR) is 66.6 cm³/mol. The van der Waals surface area contributed by atoms with Crippen molar-refractivity contribution in [2.24, 2.45) is 0 Å². The standard InChI is InChI=1S/C13H22N2O3/c16-13(17)12-9-15(6-7-18-12)11-3-5-14-4-1-2-10(14)8-11/h10-12H,1-9H2,(H,16,17). The van der Waals surface area contributed by atoms with Crippen molar-refractivity contribution in [2.75, 3.05) is 32.8 Å². The number of rotatable bonds is 2. The lowest BCUT2D eigenvalue weighted by Crippen LogP contribution is -2.54. The molecule has 3 aliphatic rings. The maximum absolute atomic E-state index is 11.0. The average Bonchev–Trinajstić information content (AvgIpc) is 2.86. The lowest BCUT2D eigenvalue weighted by Gasteiger charge is -2.43. The molecule has 0 aromatic rings. The van der Waals surface area contributed by atoms with Gasteiger partial charge in [-0.05, 0) is 38.8 Å². The van der Waals surface area contributed by atoms with E-state index >= 15 is 0 Å². The molecule has 0 bridgehead atoms. The molecule has 3 rings (SSSR count). The van der Waals surface area contributed by atoms with Crippen molar-refractivity contribution in [1.29, 1.82) is 0 Å². The molecule has 1 N–H and O–H groups in total. The first kappa shape index (κ1) is 12.4. The molecule has 0 saturated carbocycles. The van der Waals surface area contributed by atoms with Crippen molar-refractivity contribution in [3.63, 3.8) is 0 Å². The number of ether oxygens (including phenoxy) is 1. The van der Waals surface area contributed by atoms with Gasteiger partial charge >= 0.3 is 5.97 Å². The fourth-order valence-electron chi connectivity index (χ4n) is 3.69. The van der Waals surface area contributed by atoms with Gasteiger partial charge in [0.1, 0.15) is 0 Å². The van der Waals surface area contributed by atoms with E-state index in [0.29, 0.717) is 19.2 Å². The second-order valence-electron chi connectivity index (χ2n) is 5.70. The fourth-order valence-corrected chi connectivity index (χ4v) is 3.69. The molecule has 0 aromatic heterocycles. The van der Waals surface area contributed by atoms with Crippen LogP contribution in [0.4, 0.5) is 0 Å². The summed E-state index contributed by atoms with van der Waals surface area (Å²) >= 11 is 0. The Morgan fingerprint density at radius 3 is 2.78 bits per heavy atom. The Hall–Kier alpha value is -0.650. The molecule has 3 saturated heterocycles. The minimum atomic E-state index is -0.821. The fraction of sp³-hybridized carbons (Fsp3) is 0.923. The number of hydrogen-bond acceptors (Lipinski definition) is 4. The van der Waals surface area contributed by atoms with Gasteiger partial charge in [0, 0.05) is 25.2 Å². The summed E-state index contributed by atoms with van der Waals surface area (Å²) in [6.45, 7) is 4.46. The summed E-state index contributed by atoms with van der Waals surface area (Å²) in [5.74, 6) is -0.821. The highest BCUT2D eigenvalue weighted by Crippen LogP contribution is 2.30. The van der Waals surface area contributed by atoms with Gasteiger partial charge in [0.25, 0.3) is 0 Å². The van der Waals surface area contributed by atoms with Gasteiger partial charge in [-0.15, -0.1) is 0 Å². The Labute approximate surface area is 108 Å². The lowest BCUT2D eigenvalue weighted by atomic mass is 9.95. The second kappa shape index (κ2) is 5.15. The van der Waals surface area contributed by atoms with Gasteiger partial charge in [0.15, 0.2) is 6.10 Å². The highest BCUT2D eigenvalue weighted by molar-refractivity contribution is 5.72. The third-order valence-corrected chi connectivity index (χ3v) is 4.68. The zero-order valence-corrected chi connectivity index (χ0v) is 10.8. The number of piperidine rings is 1. The van der Waals surface area contributed by atoms with Crippen LogP contribution in [0.3, 0.4) is 0 Å². The monoisotopic (exact) mass is 254 g/mol. The van der Waals surface area contributed by atoms with Crippen LogP contribution in [0.25, 0.3) is 0 Å². The van der Waals surface area contributed by atoms with Crippen LogP contribution in [-0.2, 0) is 9.53 Å². The molecule has 102 valence electrons. The number of hydrogen-bond donors (Lipinski definition) is 1. The largest absolute Gasteiger partial charge is 0.479 e. The van der Waals surface area contributed by atoms with Gasteiger partial charge < -0.3 is 14.7 Å². The van der Waals surface area contributed by atoms with E-state index in [-0.39, 0.29) is 0 Å². The van der Waals surface area contributed by atoms with E-state index in [4.69, 9.17) is 9.84 Å². The smallest absolute Gasteiger partial charge is 0.334 e. The predicted octanol–water partition coefficient (Wildman–Crippen LogP) is 0.399. The summed E-state index contributed by atoms with van der Waals surface area (Å²) in [6, 6.07) is 1.31. The van der Waals surface area contributed by atoms with Crippen LogP contribution in [0.15, 0.2) is 0 Å².